The van der Waals surface area contributed by atoms with Crippen LogP contribution in [0.15, 0.2) is 30.7 Å². The van der Waals surface area contributed by atoms with Crippen molar-refractivity contribution in [2.75, 3.05) is 32.6 Å². The molecule has 2 heterocycles. The summed E-state index contributed by atoms with van der Waals surface area (Å²) in [7, 11) is 3.08. The molecule has 0 aliphatic heterocycles. The molecule has 0 fully saturated rings. The van der Waals surface area contributed by atoms with Gasteiger partial charge in [-0.05, 0) is 18.6 Å². The maximum atomic E-state index is 12.5. The third-order valence-corrected chi connectivity index (χ3v) is 4.24. The lowest BCUT2D eigenvalue weighted by Gasteiger charge is -2.11. The molecule has 0 aliphatic rings. The van der Waals surface area contributed by atoms with Crippen molar-refractivity contribution in [3.8, 4) is 11.5 Å². The lowest BCUT2D eigenvalue weighted by atomic mass is 10.1. The molecule has 2 aromatic heterocycles. The quantitative estimate of drug-likeness (QED) is 0.582. The van der Waals surface area contributed by atoms with Crippen molar-refractivity contribution >= 4 is 22.8 Å². The summed E-state index contributed by atoms with van der Waals surface area (Å²) < 4.78 is 12.2. The molecule has 1 aromatic carbocycles. The van der Waals surface area contributed by atoms with Crippen molar-refractivity contribution in [1.29, 1.82) is 0 Å². The summed E-state index contributed by atoms with van der Waals surface area (Å²) in [5.74, 6) is 1.63. The van der Waals surface area contributed by atoms with Gasteiger partial charge in [-0.1, -0.05) is 6.92 Å². The highest BCUT2D eigenvalue weighted by Gasteiger charge is 2.14. The summed E-state index contributed by atoms with van der Waals surface area (Å²) in [6, 6.07) is 5.08. The van der Waals surface area contributed by atoms with Crippen LogP contribution < -0.4 is 20.1 Å². The van der Waals surface area contributed by atoms with Crippen molar-refractivity contribution in [1.82, 2.24) is 25.1 Å². The van der Waals surface area contributed by atoms with E-state index >= 15 is 0 Å². The molecule has 148 valence electrons. The minimum atomic E-state index is -0.226. The molecule has 0 aliphatic carbocycles. The van der Waals surface area contributed by atoms with Gasteiger partial charge in [-0.25, -0.2) is 14.6 Å². The van der Waals surface area contributed by atoms with E-state index in [1.807, 2.05) is 0 Å². The number of aromatic nitrogens is 4. The molecule has 2 N–H and O–H groups in total. The van der Waals surface area contributed by atoms with Crippen molar-refractivity contribution in [2.24, 2.45) is 0 Å². The molecule has 0 saturated carbocycles. The summed E-state index contributed by atoms with van der Waals surface area (Å²) in [5.41, 5.74) is 1.17. The molecular weight excluding hydrogens is 360 g/mol. The SMILES string of the molecule is CCCNc1ncnc2c1cnn2CCNC(=O)c1ccc(OC)cc1OC. The first-order valence-corrected chi connectivity index (χ1v) is 9.08. The van der Waals surface area contributed by atoms with Crippen LogP contribution in [0.25, 0.3) is 11.0 Å². The first-order chi connectivity index (χ1) is 13.7. The summed E-state index contributed by atoms with van der Waals surface area (Å²) in [5, 5.41) is 11.4. The second-order valence-electron chi connectivity index (χ2n) is 6.08. The highest BCUT2D eigenvalue weighted by Crippen LogP contribution is 2.24. The van der Waals surface area contributed by atoms with Gasteiger partial charge >= 0.3 is 0 Å². The van der Waals surface area contributed by atoms with Gasteiger partial charge in [0.1, 0.15) is 23.6 Å². The van der Waals surface area contributed by atoms with Gasteiger partial charge in [0.2, 0.25) is 0 Å². The molecule has 0 radical (unpaired) electrons. The van der Waals surface area contributed by atoms with Crippen LogP contribution in [0.1, 0.15) is 23.7 Å². The number of ether oxygens (including phenoxy) is 2. The fourth-order valence-electron chi connectivity index (χ4n) is 2.80. The van der Waals surface area contributed by atoms with E-state index in [4.69, 9.17) is 9.47 Å². The number of benzene rings is 1. The third-order valence-electron chi connectivity index (χ3n) is 4.24. The average Bonchev–Trinajstić information content (AvgIpc) is 3.15. The maximum Gasteiger partial charge on any atom is 0.255 e. The minimum Gasteiger partial charge on any atom is -0.497 e. The highest BCUT2D eigenvalue weighted by molar-refractivity contribution is 5.97. The van der Waals surface area contributed by atoms with Crippen LogP contribution in [0.3, 0.4) is 0 Å². The summed E-state index contributed by atoms with van der Waals surface area (Å²) in [4.78, 5) is 21.1. The molecule has 0 unspecified atom stereocenters. The molecule has 3 aromatic rings. The van der Waals surface area contributed by atoms with Crippen molar-refractivity contribution in [3.05, 3.63) is 36.3 Å². The van der Waals surface area contributed by atoms with Gasteiger partial charge < -0.3 is 20.1 Å². The van der Waals surface area contributed by atoms with Crippen LogP contribution in [-0.2, 0) is 6.54 Å². The number of nitrogens with one attached hydrogen (secondary N) is 2. The van der Waals surface area contributed by atoms with E-state index in [0.29, 0.717) is 30.2 Å². The van der Waals surface area contributed by atoms with E-state index in [1.165, 1.54) is 13.4 Å². The number of nitrogens with zero attached hydrogens (tertiary/aromatic N) is 4. The Hall–Kier alpha value is -3.36. The van der Waals surface area contributed by atoms with Crippen LogP contribution in [0.2, 0.25) is 0 Å². The van der Waals surface area contributed by atoms with Crippen LogP contribution in [0.5, 0.6) is 11.5 Å². The Morgan fingerprint density at radius 2 is 2.04 bits per heavy atom. The molecule has 1 amide bonds. The number of carbonyl (C=O) groups excluding carboxylic acids is 1. The Balaban J connectivity index is 1.66. The first-order valence-electron chi connectivity index (χ1n) is 9.08. The summed E-state index contributed by atoms with van der Waals surface area (Å²) >= 11 is 0. The lowest BCUT2D eigenvalue weighted by Crippen LogP contribution is -2.28. The molecule has 28 heavy (non-hydrogen) atoms. The van der Waals surface area contributed by atoms with Crippen LogP contribution in [0, 0.1) is 0 Å². The highest BCUT2D eigenvalue weighted by atomic mass is 16.5. The second kappa shape index (κ2) is 9.03. The maximum absolute atomic E-state index is 12.5. The van der Waals surface area contributed by atoms with E-state index in [1.54, 1.807) is 36.2 Å². The van der Waals surface area contributed by atoms with E-state index in [-0.39, 0.29) is 5.91 Å². The summed E-state index contributed by atoms with van der Waals surface area (Å²) in [6.07, 6.45) is 4.25. The second-order valence-corrected chi connectivity index (χ2v) is 6.08. The van der Waals surface area contributed by atoms with Gasteiger partial charge in [-0.2, -0.15) is 5.10 Å². The number of carbonyl (C=O) groups is 1. The van der Waals surface area contributed by atoms with E-state index < -0.39 is 0 Å². The largest absolute Gasteiger partial charge is 0.497 e. The van der Waals surface area contributed by atoms with Gasteiger partial charge in [0.25, 0.3) is 5.91 Å². The molecule has 0 saturated heterocycles. The zero-order valence-electron chi connectivity index (χ0n) is 16.2. The Morgan fingerprint density at radius 1 is 1.18 bits per heavy atom. The average molecular weight is 384 g/mol. The first kappa shape index (κ1) is 19.4. The molecule has 0 spiro atoms. The number of amides is 1. The van der Waals surface area contributed by atoms with Crippen molar-refractivity contribution in [3.63, 3.8) is 0 Å². The number of fused-ring (bicyclic) bond motifs is 1. The van der Waals surface area contributed by atoms with Crippen LogP contribution >= 0.6 is 0 Å². The standard InChI is InChI=1S/C19H24N6O3/c1-4-7-20-17-15-11-24-25(18(15)23-12-22-17)9-8-21-19(26)14-6-5-13(27-2)10-16(14)28-3/h5-6,10-12H,4,7-9H2,1-3H3,(H,21,26)(H,20,22,23). The van der Waals surface area contributed by atoms with E-state index in [9.17, 15) is 4.79 Å². The van der Waals surface area contributed by atoms with Crippen molar-refractivity contribution < 1.29 is 14.3 Å². The van der Waals surface area contributed by atoms with E-state index in [0.717, 1.165) is 29.8 Å². The molecule has 0 atom stereocenters. The normalized spacial score (nSPS) is 10.7. The molecule has 0 bridgehead atoms. The Morgan fingerprint density at radius 3 is 2.79 bits per heavy atom. The number of rotatable bonds is 9. The number of hydrogen-bond acceptors (Lipinski definition) is 7. The smallest absolute Gasteiger partial charge is 0.255 e. The zero-order chi connectivity index (χ0) is 19.9. The predicted molar refractivity (Wildman–Crippen MR) is 106 cm³/mol. The minimum absolute atomic E-state index is 0.226. The van der Waals surface area contributed by atoms with Gasteiger partial charge in [0.15, 0.2) is 5.65 Å². The topological polar surface area (TPSA) is 103 Å². The summed E-state index contributed by atoms with van der Waals surface area (Å²) in [6.45, 7) is 3.80. The Bertz CT molecular complexity index is 956. The number of methoxy groups -OCH3 is 2. The third kappa shape index (κ3) is 4.13. The molecular formula is C19H24N6O3. The van der Waals surface area contributed by atoms with Crippen LogP contribution in [-0.4, -0.2) is 53.0 Å². The number of anilines is 1. The van der Waals surface area contributed by atoms with Gasteiger partial charge in [-0.3, -0.25) is 4.79 Å². The van der Waals surface area contributed by atoms with Gasteiger partial charge in [-0.15, -0.1) is 0 Å². The molecule has 3 rings (SSSR count). The van der Waals surface area contributed by atoms with E-state index in [2.05, 4.69) is 32.6 Å². The monoisotopic (exact) mass is 384 g/mol. The lowest BCUT2D eigenvalue weighted by molar-refractivity contribution is 0.0949. The molecule has 9 nitrogen and oxygen atoms in total. The number of hydrogen-bond donors (Lipinski definition) is 2. The zero-order valence-corrected chi connectivity index (χ0v) is 16.2. The van der Waals surface area contributed by atoms with Crippen LogP contribution in [0.4, 0.5) is 5.82 Å². The fourth-order valence-corrected chi connectivity index (χ4v) is 2.80. The predicted octanol–water partition coefficient (Wildman–Crippen LogP) is 2.10. The van der Waals surface area contributed by atoms with Gasteiger partial charge in [0.05, 0.1) is 37.9 Å². The molecule has 9 heteroatoms. The van der Waals surface area contributed by atoms with Gasteiger partial charge in [0, 0.05) is 19.2 Å². The van der Waals surface area contributed by atoms with Crippen molar-refractivity contribution in [2.45, 2.75) is 19.9 Å². The fraction of sp³-hybridized carbons (Fsp3) is 0.368. The Kier molecular flexibility index (Phi) is 6.25. The Labute approximate surface area is 163 Å².